The predicted molar refractivity (Wildman–Crippen MR) is 85.6 cm³/mol. The van der Waals surface area contributed by atoms with E-state index < -0.39 is 0 Å². The lowest BCUT2D eigenvalue weighted by atomic mass is 10.1. The fourth-order valence-corrected chi connectivity index (χ4v) is 2.36. The van der Waals surface area contributed by atoms with Crippen LogP contribution in [0.3, 0.4) is 0 Å². The topological polar surface area (TPSA) is 50.9 Å². The highest BCUT2D eigenvalue weighted by Crippen LogP contribution is 2.32. The first-order valence-electron chi connectivity index (χ1n) is 6.31. The van der Waals surface area contributed by atoms with Gasteiger partial charge < -0.3 is 11.1 Å². The number of hydrogen-bond acceptors (Lipinski definition) is 3. The summed E-state index contributed by atoms with van der Waals surface area (Å²) in [7, 11) is 0. The van der Waals surface area contributed by atoms with E-state index in [2.05, 4.69) is 10.3 Å². The summed E-state index contributed by atoms with van der Waals surface area (Å²) in [6.45, 7) is 1.98. The lowest BCUT2D eigenvalue weighted by molar-refractivity contribution is 1.36. The van der Waals surface area contributed by atoms with Crippen molar-refractivity contribution in [2.24, 2.45) is 0 Å². The van der Waals surface area contributed by atoms with Crippen molar-refractivity contribution in [1.82, 2.24) is 4.98 Å². The van der Waals surface area contributed by atoms with E-state index in [0.717, 1.165) is 32.7 Å². The van der Waals surface area contributed by atoms with Crippen LogP contribution in [0.1, 0.15) is 5.56 Å². The second-order valence-electron chi connectivity index (χ2n) is 4.66. The minimum Gasteiger partial charge on any atom is -0.397 e. The minimum absolute atomic E-state index is 0.712. The normalized spacial score (nSPS) is 10.7. The third-order valence-electron chi connectivity index (χ3n) is 3.40. The molecule has 0 spiro atoms. The van der Waals surface area contributed by atoms with Gasteiger partial charge in [-0.3, -0.25) is 4.98 Å². The average Bonchev–Trinajstić information content (AvgIpc) is 2.47. The Balaban J connectivity index is 2.07. The van der Waals surface area contributed by atoms with Gasteiger partial charge in [-0.05, 0) is 36.8 Å². The van der Waals surface area contributed by atoms with E-state index in [4.69, 9.17) is 17.3 Å². The lowest BCUT2D eigenvalue weighted by Crippen LogP contribution is -1.99. The van der Waals surface area contributed by atoms with Crippen molar-refractivity contribution in [2.75, 3.05) is 11.1 Å². The number of nitrogens with one attached hydrogen (secondary N) is 1. The van der Waals surface area contributed by atoms with Gasteiger partial charge in [0, 0.05) is 33.9 Å². The largest absolute Gasteiger partial charge is 0.397 e. The molecular formula is C16H14ClN3. The minimum atomic E-state index is 0.712. The van der Waals surface area contributed by atoms with Crippen LogP contribution in [0.25, 0.3) is 10.8 Å². The molecule has 0 fully saturated rings. The van der Waals surface area contributed by atoms with Gasteiger partial charge in [0.15, 0.2) is 0 Å². The summed E-state index contributed by atoms with van der Waals surface area (Å²) in [5, 5.41) is 6.10. The summed E-state index contributed by atoms with van der Waals surface area (Å²) in [6.07, 6.45) is 3.55. The van der Waals surface area contributed by atoms with Crippen LogP contribution < -0.4 is 11.1 Å². The zero-order chi connectivity index (χ0) is 14.1. The number of rotatable bonds is 2. The van der Waals surface area contributed by atoms with E-state index in [1.807, 2.05) is 43.3 Å². The summed E-state index contributed by atoms with van der Waals surface area (Å²) < 4.78 is 0. The molecule has 20 heavy (non-hydrogen) atoms. The van der Waals surface area contributed by atoms with Gasteiger partial charge in [-0.25, -0.2) is 0 Å². The Labute approximate surface area is 122 Å². The number of halogens is 1. The quantitative estimate of drug-likeness (QED) is 0.680. The van der Waals surface area contributed by atoms with E-state index in [9.17, 15) is 0 Å². The first-order chi connectivity index (χ1) is 9.66. The van der Waals surface area contributed by atoms with Crippen LogP contribution in [0, 0.1) is 6.92 Å². The maximum absolute atomic E-state index is 6.23. The highest BCUT2D eigenvalue weighted by molar-refractivity contribution is 6.31. The number of hydrogen-bond donors (Lipinski definition) is 2. The van der Waals surface area contributed by atoms with Crippen LogP contribution in [0.4, 0.5) is 17.1 Å². The Hall–Kier alpha value is -2.26. The number of pyridine rings is 1. The first kappa shape index (κ1) is 12.8. The van der Waals surface area contributed by atoms with Crippen molar-refractivity contribution in [3.63, 3.8) is 0 Å². The van der Waals surface area contributed by atoms with Crippen LogP contribution >= 0.6 is 11.6 Å². The third kappa shape index (κ3) is 2.17. The number of aromatic nitrogens is 1. The molecule has 0 saturated heterocycles. The highest BCUT2D eigenvalue weighted by Gasteiger charge is 2.07. The molecule has 0 amide bonds. The molecule has 2 aromatic carbocycles. The zero-order valence-electron chi connectivity index (χ0n) is 11.0. The van der Waals surface area contributed by atoms with Gasteiger partial charge in [-0.15, -0.1) is 0 Å². The molecule has 0 radical (unpaired) electrons. The SMILES string of the molecule is Cc1c(Cl)cccc1Nc1ccc2cnccc2c1N. The fraction of sp³-hybridized carbons (Fsp3) is 0.0625. The van der Waals surface area contributed by atoms with Crippen molar-refractivity contribution in [2.45, 2.75) is 6.92 Å². The Kier molecular flexibility index (Phi) is 3.20. The van der Waals surface area contributed by atoms with Crippen LogP contribution in [0.2, 0.25) is 5.02 Å². The summed E-state index contributed by atoms with van der Waals surface area (Å²) in [4.78, 5) is 4.10. The number of nitrogen functional groups attached to an aromatic ring is 1. The Morgan fingerprint density at radius 3 is 2.80 bits per heavy atom. The van der Waals surface area contributed by atoms with Crippen molar-refractivity contribution < 1.29 is 0 Å². The molecule has 100 valence electrons. The smallest absolute Gasteiger partial charge is 0.0634 e. The van der Waals surface area contributed by atoms with E-state index in [-0.39, 0.29) is 0 Å². The van der Waals surface area contributed by atoms with Crippen molar-refractivity contribution >= 4 is 39.4 Å². The van der Waals surface area contributed by atoms with E-state index in [0.29, 0.717) is 5.69 Å². The maximum atomic E-state index is 6.23. The summed E-state index contributed by atoms with van der Waals surface area (Å²) in [6, 6.07) is 11.6. The molecule has 0 unspecified atom stereocenters. The molecule has 0 aliphatic heterocycles. The summed E-state index contributed by atoms with van der Waals surface area (Å²) in [5.74, 6) is 0. The van der Waals surface area contributed by atoms with Gasteiger partial charge >= 0.3 is 0 Å². The average molecular weight is 284 g/mol. The number of fused-ring (bicyclic) bond motifs is 1. The Morgan fingerprint density at radius 1 is 1.10 bits per heavy atom. The molecule has 3 rings (SSSR count). The van der Waals surface area contributed by atoms with E-state index >= 15 is 0 Å². The van der Waals surface area contributed by atoms with Crippen molar-refractivity contribution in [3.05, 3.63) is 59.4 Å². The molecule has 0 bridgehead atoms. The van der Waals surface area contributed by atoms with Gasteiger partial charge in [-0.1, -0.05) is 23.7 Å². The molecule has 4 heteroatoms. The molecular weight excluding hydrogens is 270 g/mol. The first-order valence-corrected chi connectivity index (χ1v) is 6.69. The molecule has 3 nitrogen and oxygen atoms in total. The van der Waals surface area contributed by atoms with Crippen molar-refractivity contribution in [3.8, 4) is 0 Å². The monoisotopic (exact) mass is 283 g/mol. The number of nitrogens with zero attached hydrogens (tertiary/aromatic N) is 1. The molecule has 0 atom stereocenters. The second-order valence-corrected chi connectivity index (χ2v) is 5.07. The van der Waals surface area contributed by atoms with Crippen LogP contribution in [0.5, 0.6) is 0 Å². The molecule has 1 aromatic heterocycles. The number of anilines is 3. The van der Waals surface area contributed by atoms with Gasteiger partial charge in [-0.2, -0.15) is 0 Å². The molecule has 0 aliphatic rings. The molecule has 3 N–H and O–H groups in total. The summed E-state index contributed by atoms with van der Waals surface area (Å²) >= 11 is 6.14. The number of benzene rings is 2. The molecule has 0 saturated carbocycles. The van der Waals surface area contributed by atoms with E-state index in [1.54, 1.807) is 12.4 Å². The van der Waals surface area contributed by atoms with Gasteiger partial charge in [0.05, 0.1) is 11.4 Å². The molecule has 1 heterocycles. The number of nitrogens with two attached hydrogens (primary N) is 1. The Morgan fingerprint density at radius 2 is 1.95 bits per heavy atom. The lowest BCUT2D eigenvalue weighted by Gasteiger charge is -2.14. The fourth-order valence-electron chi connectivity index (χ4n) is 2.19. The van der Waals surface area contributed by atoms with E-state index in [1.165, 1.54) is 0 Å². The van der Waals surface area contributed by atoms with Crippen LogP contribution in [-0.4, -0.2) is 4.98 Å². The van der Waals surface area contributed by atoms with Crippen LogP contribution in [-0.2, 0) is 0 Å². The standard InChI is InChI=1S/C16H14ClN3/c1-10-13(17)3-2-4-14(10)20-15-6-5-11-9-19-8-7-12(11)16(15)18/h2-9,20H,18H2,1H3. The van der Waals surface area contributed by atoms with Gasteiger partial charge in [0.2, 0.25) is 0 Å². The maximum Gasteiger partial charge on any atom is 0.0634 e. The van der Waals surface area contributed by atoms with Crippen LogP contribution in [0.15, 0.2) is 48.8 Å². The predicted octanol–water partition coefficient (Wildman–Crippen LogP) is 4.52. The molecule has 0 aliphatic carbocycles. The van der Waals surface area contributed by atoms with Gasteiger partial charge in [0.1, 0.15) is 0 Å². The second kappa shape index (κ2) is 5.02. The van der Waals surface area contributed by atoms with Gasteiger partial charge in [0.25, 0.3) is 0 Å². The third-order valence-corrected chi connectivity index (χ3v) is 3.81. The Bertz CT molecular complexity index is 784. The zero-order valence-corrected chi connectivity index (χ0v) is 11.8. The highest BCUT2D eigenvalue weighted by atomic mass is 35.5. The summed E-state index contributed by atoms with van der Waals surface area (Å²) in [5.41, 5.74) is 9.77. The van der Waals surface area contributed by atoms with Crippen molar-refractivity contribution in [1.29, 1.82) is 0 Å². The molecule has 3 aromatic rings.